The Morgan fingerprint density at radius 3 is 2.53 bits per heavy atom. The van der Waals surface area contributed by atoms with Gasteiger partial charge in [0.2, 0.25) is 5.91 Å². The molecule has 0 aliphatic carbocycles. The fourth-order valence-electron chi connectivity index (χ4n) is 2.84. The van der Waals surface area contributed by atoms with Crippen LogP contribution < -0.4 is 10.1 Å². The van der Waals surface area contributed by atoms with E-state index in [4.69, 9.17) is 17.0 Å². The Hall–Kier alpha value is -2.90. The first-order chi connectivity index (χ1) is 14.5. The topological polar surface area (TPSA) is 58.6 Å². The van der Waals surface area contributed by atoms with Gasteiger partial charge >= 0.3 is 0 Å². The Bertz CT molecular complexity index is 999. The fraction of sp³-hybridized carbons (Fsp3) is 0.174. The van der Waals surface area contributed by atoms with E-state index < -0.39 is 0 Å². The molecule has 0 radical (unpaired) electrons. The number of nitrogens with zero attached hydrogens (tertiary/aromatic N) is 1. The SMILES string of the molecule is CCOc1ccc(NC(=O)CN2C(=O)/C(=C/C(C)=C/c3ccccc3)SC2=S)cc1. The first kappa shape index (κ1) is 21.8. The van der Waals surface area contributed by atoms with E-state index in [9.17, 15) is 9.59 Å². The fourth-order valence-corrected chi connectivity index (χ4v) is 4.15. The number of carbonyl (C=O) groups excluding carboxylic acids is 2. The highest BCUT2D eigenvalue weighted by atomic mass is 32.2. The molecule has 1 N–H and O–H groups in total. The van der Waals surface area contributed by atoms with E-state index in [-0.39, 0.29) is 18.4 Å². The largest absolute Gasteiger partial charge is 0.494 e. The average molecular weight is 439 g/mol. The minimum Gasteiger partial charge on any atom is -0.494 e. The predicted octanol–water partition coefficient (Wildman–Crippen LogP) is 4.87. The highest BCUT2D eigenvalue weighted by Crippen LogP contribution is 2.32. The van der Waals surface area contributed by atoms with Crippen LogP contribution >= 0.6 is 24.0 Å². The lowest BCUT2D eigenvalue weighted by molar-refractivity contribution is -0.126. The summed E-state index contributed by atoms with van der Waals surface area (Å²) < 4.78 is 5.76. The maximum atomic E-state index is 12.7. The Labute approximate surface area is 185 Å². The third-order valence-electron chi connectivity index (χ3n) is 4.18. The molecule has 1 fully saturated rings. The monoisotopic (exact) mass is 438 g/mol. The number of ether oxygens (including phenoxy) is 1. The van der Waals surface area contributed by atoms with Crippen molar-refractivity contribution in [1.29, 1.82) is 0 Å². The first-order valence-corrected chi connectivity index (χ1v) is 10.7. The molecular weight excluding hydrogens is 416 g/mol. The van der Waals surface area contributed by atoms with Crippen LogP contribution in [-0.2, 0) is 9.59 Å². The second kappa shape index (κ2) is 10.2. The molecule has 7 heteroatoms. The van der Waals surface area contributed by atoms with E-state index in [1.54, 1.807) is 30.3 Å². The quantitative estimate of drug-likeness (QED) is 0.494. The van der Waals surface area contributed by atoms with Crippen LogP contribution in [0.25, 0.3) is 6.08 Å². The smallest absolute Gasteiger partial charge is 0.266 e. The maximum Gasteiger partial charge on any atom is 0.266 e. The average Bonchev–Trinajstić information content (AvgIpc) is 2.97. The van der Waals surface area contributed by atoms with Gasteiger partial charge in [-0.2, -0.15) is 0 Å². The third kappa shape index (κ3) is 5.81. The number of thiocarbonyl (C=S) groups is 1. The normalized spacial score (nSPS) is 15.6. The molecule has 0 aromatic heterocycles. The van der Waals surface area contributed by atoms with Gasteiger partial charge in [0.15, 0.2) is 0 Å². The van der Waals surface area contributed by atoms with Crippen LogP contribution in [0.4, 0.5) is 5.69 Å². The van der Waals surface area contributed by atoms with E-state index in [2.05, 4.69) is 5.32 Å². The lowest BCUT2D eigenvalue weighted by Gasteiger charge is -2.14. The second-order valence-electron chi connectivity index (χ2n) is 6.57. The minimum atomic E-state index is -0.312. The van der Waals surface area contributed by atoms with Crippen molar-refractivity contribution >= 4 is 51.9 Å². The third-order valence-corrected chi connectivity index (χ3v) is 5.55. The van der Waals surface area contributed by atoms with Gasteiger partial charge in [0.05, 0.1) is 11.5 Å². The van der Waals surface area contributed by atoms with Crippen molar-refractivity contribution in [1.82, 2.24) is 4.90 Å². The maximum absolute atomic E-state index is 12.7. The molecule has 2 amide bonds. The second-order valence-corrected chi connectivity index (χ2v) is 8.25. The molecule has 0 bridgehead atoms. The molecule has 1 heterocycles. The molecule has 5 nitrogen and oxygen atoms in total. The van der Waals surface area contributed by atoms with Gasteiger partial charge in [-0.1, -0.05) is 60.4 Å². The number of amides is 2. The van der Waals surface area contributed by atoms with Crippen molar-refractivity contribution in [3.8, 4) is 5.75 Å². The Morgan fingerprint density at radius 1 is 1.17 bits per heavy atom. The summed E-state index contributed by atoms with van der Waals surface area (Å²) >= 11 is 6.53. The number of benzene rings is 2. The van der Waals surface area contributed by atoms with Crippen LogP contribution in [0, 0.1) is 0 Å². The van der Waals surface area contributed by atoms with Crippen molar-refractivity contribution < 1.29 is 14.3 Å². The van der Waals surface area contributed by atoms with Crippen molar-refractivity contribution in [2.24, 2.45) is 0 Å². The number of carbonyl (C=O) groups is 2. The lowest BCUT2D eigenvalue weighted by Crippen LogP contribution is -2.36. The van der Waals surface area contributed by atoms with Crippen molar-refractivity contribution in [3.05, 3.63) is 76.7 Å². The van der Waals surface area contributed by atoms with Crippen LogP contribution in [0.15, 0.2) is 71.2 Å². The highest BCUT2D eigenvalue weighted by Gasteiger charge is 2.33. The molecule has 1 aliphatic heterocycles. The summed E-state index contributed by atoms with van der Waals surface area (Å²) in [6, 6.07) is 16.9. The number of hydrogen-bond acceptors (Lipinski definition) is 5. The van der Waals surface area contributed by atoms with Crippen molar-refractivity contribution in [2.45, 2.75) is 13.8 Å². The van der Waals surface area contributed by atoms with Gasteiger partial charge in [0, 0.05) is 5.69 Å². The van der Waals surface area contributed by atoms with Gasteiger partial charge in [0.25, 0.3) is 5.91 Å². The first-order valence-electron chi connectivity index (χ1n) is 9.47. The zero-order chi connectivity index (χ0) is 21.5. The molecule has 154 valence electrons. The molecule has 1 saturated heterocycles. The summed E-state index contributed by atoms with van der Waals surface area (Å²) in [5.74, 6) is 0.164. The Kier molecular flexibility index (Phi) is 7.43. The molecule has 30 heavy (non-hydrogen) atoms. The molecule has 3 rings (SSSR count). The number of rotatable bonds is 7. The van der Waals surface area contributed by atoms with Crippen LogP contribution in [0.1, 0.15) is 19.4 Å². The number of anilines is 1. The Balaban J connectivity index is 1.63. The van der Waals surface area contributed by atoms with Crippen LogP contribution in [0.3, 0.4) is 0 Å². The van der Waals surface area contributed by atoms with Gasteiger partial charge in [-0.25, -0.2) is 0 Å². The molecule has 1 aliphatic rings. The summed E-state index contributed by atoms with van der Waals surface area (Å²) in [5, 5.41) is 2.78. The van der Waals surface area contributed by atoms with E-state index in [0.29, 0.717) is 21.5 Å². The van der Waals surface area contributed by atoms with Crippen LogP contribution in [0.5, 0.6) is 5.75 Å². The summed E-state index contributed by atoms with van der Waals surface area (Å²) in [6.07, 6.45) is 3.79. The van der Waals surface area contributed by atoms with Gasteiger partial charge in [0.1, 0.15) is 16.6 Å². The van der Waals surface area contributed by atoms with Crippen LogP contribution in [0.2, 0.25) is 0 Å². The molecule has 0 saturated carbocycles. The van der Waals surface area contributed by atoms with Gasteiger partial charge in [-0.15, -0.1) is 0 Å². The molecule has 2 aromatic carbocycles. The number of hydrogen-bond donors (Lipinski definition) is 1. The van der Waals surface area contributed by atoms with Crippen molar-refractivity contribution in [2.75, 3.05) is 18.5 Å². The van der Waals surface area contributed by atoms with Gasteiger partial charge in [-0.05, 0) is 55.3 Å². The number of nitrogens with one attached hydrogen (secondary N) is 1. The molecule has 0 spiro atoms. The van der Waals surface area contributed by atoms with Crippen LogP contribution in [-0.4, -0.2) is 34.2 Å². The zero-order valence-corrected chi connectivity index (χ0v) is 18.4. The molecular formula is C23H22N2O3S2. The van der Waals surface area contributed by atoms with Gasteiger partial charge < -0.3 is 10.1 Å². The van der Waals surface area contributed by atoms with E-state index in [1.807, 2.05) is 50.3 Å². The lowest BCUT2D eigenvalue weighted by atomic mass is 10.1. The zero-order valence-electron chi connectivity index (χ0n) is 16.8. The summed E-state index contributed by atoms with van der Waals surface area (Å²) in [4.78, 5) is 27.0. The number of thioether (sulfide) groups is 1. The summed E-state index contributed by atoms with van der Waals surface area (Å²) in [6.45, 7) is 4.29. The highest BCUT2D eigenvalue weighted by molar-refractivity contribution is 8.26. The minimum absolute atomic E-state index is 0.128. The summed E-state index contributed by atoms with van der Waals surface area (Å²) in [7, 11) is 0. The predicted molar refractivity (Wildman–Crippen MR) is 126 cm³/mol. The molecule has 0 atom stereocenters. The summed E-state index contributed by atoms with van der Waals surface area (Å²) in [5.41, 5.74) is 2.61. The van der Waals surface area contributed by atoms with E-state index >= 15 is 0 Å². The molecule has 0 unspecified atom stereocenters. The number of allylic oxidation sites excluding steroid dienone is 2. The van der Waals surface area contributed by atoms with E-state index in [0.717, 1.165) is 16.9 Å². The standard InChI is InChI=1S/C23H22N2O3S2/c1-3-28-19-11-9-18(10-12-19)24-21(26)15-25-22(27)20(30-23(25)29)14-16(2)13-17-7-5-4-6-8-17/h4-14H,3,15H2,1-2H3,(H,24,26)/b16-13+,20-14-. The Morgan fingerprint density at radius 2 is 1.87 bits per heavy atom. The van der Waals surface area contributed by atoms with Gasteiger partial charge in [-0.3, -0.25) is 14.5 Å². The molecule has 2 aromatic rings. The van der Waals surface area contributed by atoms with Crippen molar-refractivity contribution in [3.63, 3.8) is 0 Å². The van der Waals surface area contributed by atoms with E-state index in [1.165, 1.54) is 16.7 Å².